The maximum absolute atomic E-state index is 5.50. The number of unbranched alkanes of at least 4 members (excludes halogenated alkanes) is 1. The standard InChI is InChI=1S/C20H32O/c1-3-5-6-17-7-9-18(10-8-17)11-12-19-13-15-20(16-14-19)21-4-2/h13-18H,3-12H2,1-2H3. The summed E-state index contributed by atoms with van der Waals surface area (Å²) in [5.74, 6) is 3.00. The molecule has 1 aromatic carbocycles. The van der Waals surface area contributed by atoms with Gasteiger partial charge in [0, 0.05) is 0 Å². The van der Waals surface area contributed by atoms with Gasteiger partial charge in [0.25, 0.3) is 0 Å². The predicted molar refractivity (Wildman–Crippen MR) is 90.9 cm³/mol. The van der Waals surface area contributed by atoms with E-state index in [-0.39, 0.29) is 0 Å². The van der Waals surface area contributed by atoms with Crippen LogP contribution in [0.1, 0.15) is 70.8 Å². The van der Waals surface area contributed by atoms with Crippen LogP contribution in [0.2, 0.25) is 0 Å². The number of rotatable bonds is 8. The predicted octanol–water partition coefficient (Wildman–Crippen LogP) is 6.01. The first kappa shape index (κ1) is 16.4. The van der Waals surface area contributed by atoms with Gasteiger partial charge in [-0.15, -0.1) is 0 Å². The van der Waals surface area contributed by atoms with E-state index < -0.39 is 0 Å². The molecule has 0 bridgehead atoms. The molecule has 118 valence electrons. The third-order valence-corrected chi connectivity index (χ3v) is 5.01. The van der Waals surface area contributed by atoms with Gasteiger partial charge in [0.15, 0.2) is 0 Å². The summed E-state index contributed by atoms with van der Waals surface area (Å²) in [6.45, 7) is 5.09. The van der Waals surface area contributed by atoms with E-state index in [1.54, 1.807) is 0 Å². The van der Waals surface area contributed by atoms with Crippen molar-refractivity contribution in [3.8, 4) is 5.75 Å². The minimum absolute atomic E-state index is 0.751. The van der Waals surface area contributed by atoms with Gasteiger partial charge in [-0.1, -0.05) is 64.0 Å². The number of hydrogen-bond donors (Lipinski definition) is 0. The van der Waals surface area contributed by atoms with Crippen LogP contribution >= 0.6 is 0 Å². The van der Waals surface area contributed by atoms with Gasteiger partial charge in [0.1, 0.15) is 5.75 Å². The van der Waals surface area contributed by atoms with Crippen LogP contribution in [0.5, 0.6) is 5.75 Å². The van der Waals surface area contributed by atoms with Gasteiger partial charge in [-0.2, -0.15) is 0 Å². The lowest BCUT2D eigenvalue weighted by molar-refractivity contribution is 0.250. The molecule has 0 heterocycles. The molecule has 0 unspecified atom stereocenters. The number of benzene rings is 1. The van der Waals surface area contributed by atoms with Gasteiger partial charge in [-0.3, -0.25) is 0 Å². The summed E-state index contributed by atoms with van der Waals surface area (Å²) in [5, 5.41) is 0. The van der Waals surface area contributed by atoms with Crippen LogP contribution in [0.4, 0.5) is 0 Å². The first-order valence-corrected chi connectivity index (χ1v) is 9.03. The summed E-state index contributed by atoms with van der Waals surface area (Å²) < 4.78 is 5.50. The molecule has 1 heteroatoms. The Balaban J connectivity index is 1.67. The van der Waals surface area contributed by atoms with Crippen molar-refractivity contribution in [2.75, 3.05) is 6.61 Å². The van der Waals surface area contributed by atoms with Crippen LogP contribution in [0.25, 0.3) is 0 Å². The zero-order chi connectivity index (χ0) is 14.9. The second kappa shape index (κ2) is 9.12. The van der Waals surface area contributed by atoms with Crippen molar-refractivity contribution in [3.05, 3.63) is 29.8 Å². The average molecular weight is 288 g/mol. The Morgan fingerprint density at radius 2 is 1.52 bits per heavy atom. The molecule has 2 rings (SSSR count). The van der Waals surface area contributed by atoms with Crippen LogP contribution < -0.4 is 4.74 Å². The van der Waals surface area contributed by atoms with E-state index in [1.165, 1.54) is 63.4 Å². The van der Waals surface area contributed by atoms with Gasteiger partial charge in [-0.25, -0.2) is 0 Å². The maximum atomic E-state index is 5.50. The Bertz CT molecular complexity index is 373. The summed E-state index contributed by atoms with van der Waals surface area (Å²) in [6.07, 6.45) is 12.8. The van der Waals surface area contributed by atoms with E-state index in [1.807, 2.05) is 6.92 Å². The van der Waals surface area contributed by atoms with Gasteiger partial charge in [0.2, 0.25) is 0 Å². The largest absolute Gasteiger partial charge is 0.494 e. The molecule has 0 spiro atoms. The maximum Gasteiger partial charge on any atom is 0.119 e. The van der Waals surface area contributed by atoms with E-state index >= 15 is 0 Å². The molecule has 0 saturated heterocycles. The quantitative estimate of drug-likeness (QED) is 0.569. The van der Waals surface area contributed by atoms with E-state index in [2.05, 4.69) is 31.2 Å². The fourth-order valence-corrected chi connectivity index (χ4v) is 3.59. The summed E-state index contributed by atoms with van der Waals surface area (Å²) >= 11 is 0. The van der Waals surface area contributed by atoms with Crippen molar-refractivity contribution in [1.29, 1.82) is 0 Å². The van der Waals surface area contributed by atoms with Crippen LogP contribution in [-0.4, -0.2) is 6.61 Å². The Labute approximate surface area is 131 Å². The second-order valence-corrected chi connectivity index (χ2v) is 6.64. The lowest BCUT2D eigenvalue weighted by Crippen LogP contribution is -2.15. The molecular formula is C20H32O. The monoisotopic (exact) mass is 288 g/mol. The lowest BCUT2D eigenvalue weighted by Gasteiger charge is -2.28. The number of ether oxygens (including phenoxy) is 1. The summed E-state index contributed by atoms with van der Waals surface area (Å²) in [6, 6.07) is 8.69. The second-order valence-electron chi connectivity index (χ2n) is 6.64. The highest BCUT2D eigenvalue weighted by Crippen LogP contribution is 2.34. The molecule has 21 heavy (non-hydrogen) atoms. The van der Waals surface area contributed by atoms with E-state index in [0.29, 0.717) is 0 Å². The first-order valence-electron chi connectivity index (χ1n) is 9.03. The highest BCUT2D eigenvalue weighted by Gasteiger charge is 2.20. The SMILES string of the molecule is CCCCC1CCC(CCc2ccc(OCC)cc2)CC1. The van der Waals surface area contributed by atoms with Crippen molar-refractivity contribution >= 4 is 0 Å². The van der Waals surface area contributed by atoms with Crippen LogP contribution in [-0.2, 0) is 6.42 Å². The van der Waals surface area contributed by atoms with E-state index in [0.717, 1.165) is 24.2 Å². The molecule has 0 atom stereocenters. The topological polar surface area (TPSA) is 9.23 Å². The Morgan fingerprint density at radius 1 is 0.905 bits per heavy atom. The average Bonchev–Trinajstić information content (AvgIpc) is 2.53. The molecule has 0 N–H and O–H groups in total. The minimum Gasteiger partial charge on any atom is -0.494 e. The molecule has 1 fully saturated rings. The Kier molecular flexibility index (Phi) is 7.12. The zero-order valence-corrected chi connectivity index (χ0v) is 13.9. The highest BCUT2D eigenvalue weighted by atomic mass is 16.5. The Hall–Kier alpha value is -0.980. The molecule has 1 aromatic rings. The molecule has 0 aliphatic heterocycles. The molecule has 1 saturated carbocycles. The van der Waals surface area contributed by atoms with Gasteiger partial charge in [-0.05, 0) is 49.3 Å². The van der Waals surface area contributed by atoms with Crippen LogP contribution in [0.3, 0.4) is 0 Å². The van der Waals surface area contributed by atoms with Gasteiger partial charge >= 0.3 is 0 Å². The molecule has 1 aliphatic rings. The Morgan fingerprint density at radius 3 is 2.10 bits per heavy atom. The van der Waals surface area contributed by atoms with Crippen molar-refractivity contribution in [1.82, 2.24) is 0 Å². The smallest absolute Gasteiger partial charge is 0.119 e. The van der Waals surface area contributed by atoms with Gasteiger partial charge < -0.3 is 4.74 Å². The third-order valence-electron chi connectivity index (χ3n) is 5.01. The van der Waals surface area contributed by atoms with Crippen LogP contribution in [0.15, 0.2) is 24.3 Å². The summed E-state index contributed by atoms with van der Waals surface area (Å²) in [4.78, 5) is 0. The fraction of sp³-hybridized carbons (Fsp3) is 0.700. The third kappa shape index (κ3) is 5.73. The summed E-state index contributed by atoms with van der Waals surface area (Å²) in [5.41, 5.74) is 1.46. The van der Waals surface area contributed by atoms with Crippen molar-refractivity contribution < 1.29 is 4.74 Å². The van der Waals surface area contributed by atoms with Crippen molar-refractivity contribution in [3.63, 3.8) is 0 Å². The molecular weight excluding hydrogens is 256 g/mol. The summed E-state index contributed by atoms with van der Waals surface area (Å²) in [7, 11) is 0. The van der Waals surface area contributed by atoms with Gasteiger partial charge in [0.05, 0.1) is 6.61 Å². The van der Waals surface area contributed by atoms with Crippen molar-refractivity contribution in [2.45, 2.75) is 71.6 Å². The van der Waals surface area contributed by atoms with E-state index in [4.69, 9.17) is 4.74 Å². The number of aryl methyl sites for hydroxylation is 1. The lowest BCUT2D eigenvalue weighted by atomic mass is 9.78. The van der Waals surface area contributed by atoms with E-state index in [9.17, 15) is 0 Å². The van der Waals surface area contributed by atoms with Crippen molar-refractivity contribution in [2.24, 2.45) is 11.8 Å². The molecule has 1 nitrogen and oxygen atoms in total. The molecule has 0 amide bonds. The highest BCUT2D eigenvalue weighted by molar-refractivity contribution is 5.27. The minimum atomic E-state index is 0.751. The zero-order valence-electron chi connectivity index (χ0n) is 13.9. The fourth-order valence-electron chi connectivity index (χ4n) is 3.59. The first-order chi connectivity index (χ1) is 10.3. The molecule has 0 radical (unpaired) electrons. The normalized spacial score (nSPS) is 22.2. The van der Waals surface area contributed by atoms with Crippen LogP contribution in [0, 0.1) is 11.8 Å². The molecule has 0 aromatic heterocycles. The molecule has 1 aliphatic carbocycles. The number of hydrogen-bond acceptors (Lipinski definition) is 1.